The molecule has 3 aromatic rings. The van der Waals surface area contributed by atoms with Crippen LogP contribution in [0.4, 0.5) is 5.82 Å². The minimum Gasteiger partial charge on any atom is -0.497 e. The lowest BCUT2D eigenvalue weighted by atomic mass is 9.89. The highest BCUT2D eigenvalue weighted by Gasteiger charge is 2.27. The van der Waals surface area contributed by atoms with Gasteiger partial charge in [-0.2, -0.15) is 5.10 Å². The van der Waals surface area contributed by atoms with E-state index in [4.69, 9.17) is 10.5 Å². The molecule has 10 nitrogen and oxygen atoms in total. The summed E-state index contributed by atoms with van der Waals surface area (Å²) in [6, 6.07) is 10.4. The number of pyridine rings is 1. The number of nitrogens with two attached hydrogens (primary N) is 1. The fourth-order valence-corrected chi connectivity index (χ4v) is 5.80. The predicted molar refractivity (Wildman–Crippen MR) is 155 cm³/mol. The zero-order valence-corrected chi connectivity index (χ0v) is 22.8. The Balaban J connectivity index is 1.03. The number of carbonyl (C=O) groups excluding carboxylic acids is 1. The number of nitrogens with zero attached hydrogens (tertiary/aromatic N) is 5. The molecule has 4 heterocycles. The van der Waals surface area contributed by atoms with E-state index in [-0.39, 0.29) is 17.8 Å². The third-order valence-corrected chi connectivity index (χ3v) is 8.08. The maximum Gasteiger partial charge on any atom is 0.256 e. The Bertz CT molecular complexity index is 1420. The monoisotopic (exact) mass is 540 g/mol. The molecule has 40 heavy (non-hydrogen) atoms. The molecule has 1 aromatic carbocycles. The van der Waals surface area contributed by atoms with Crippen LogP contribution in [0.5, 0.6) is 5.75 Å². The molecular weight excluding hydrogens is 504 g/mol. The van der Waals surface area contributed by atoms with Crippen LogP contribution in [-0.4, -0.2) is 64.6 Å². The number of benzene rings is 1. The first-order valence-corrected chi connectivity index (χ1v) is 14.0. The molecule has 0 spiro atoms. The second-order valence-corrected chi connectivity index (χ2v) is 10.7. The van der Waals surface area contributed by atoms with Gasteiger partial charge in [0, 0.05) is 55.2 Å². The minimum atomic E-state index is -0.481. The van der Waals surface area contributed by atoms with Gasteiger partial charge in [-0.3, -0.25) is 9.78 Å². The van der Waals surface area contributed by atoms with E-state index in [0.717, 1.165) is 80.7 Å². The summed E-state index contributed by atoms with van der Waals surface area (Å²) in [5.74, 6) is 0.873. The number of likely N-dealkylation sites (tertiary alicyclic amines) is 1. The van der Waals surface area contributed by atoms with Crippen LogP contribution in [0, 0.1) is 0 Å². The number of nitrogen functional groups attached to an aromatic ring is 1. The fraction of sp³-hybridized carbons (Fsp3) is 0.400. The van der Waals surface area contributed by atoms with Crippen LogP contribution in [0.2, 0.25) is 0 Å². The van der Waals surface area contributed by atoms with Crippen LogP contribution in [0.3, 0.4) is 0 Å². The van der Waals surface area contributed by atoms with Crippen LogP contribution in [0.1, 0.15) is 59.0 Å². The van der Waals surface area contributed by atoms with Crippen molar-refractivity contribution in [3.05, 3.63) is 76.7 Å². The predicted octanol–water partition coefficient (Wildman–Crippen LogP) is 3.18. The minimum absolute atomic E-state index is 0.126. The van der Waals surface area contributed by atoms with Gasteiger partial charge in [-0.1, -0.05) is 0 Å². The molecule has 10 heteroatoms. The van der Waals surface area contributed by atoms with E-state index < -0.39 is 6.29 Å². The molecule has 0 radical (unpaired) electrons. The molecule has 2 aliphatic heterocycles. The first-order chi connectivity index (χ1) is 19.6. The molecule has 0 bridgehead atoms. The number of fused-ring (bicyclic) bond motifs is 2. The number of hydrogen-bond acceptors (Lipinski definition) is 8. The van der Waals surface area contributed by atoms with Gasteiger partial charge in [-0.15, -0.1) is 0 Å². The lowest BCUT2D eigenvalue weighted by molar-refractivity contribution is 0.0911. The normalized spacial score (nSPS) is 19.1. The van der Waals surface area contributed by atoms with E-state index in [0.29, 0.717) is 5.56 Å². The molecule has 0 saturated carbocycles. The molecule has 2 aromatic heterocycles. The molecule has 1 fully saturated rings. The van der Waals surface area contributed by atoms with Gasteiger partial charge in [-0.05, 0) is 92.1 Å². The number of carbonyl (C=O) groups is 1. The van der Waals surface area contributed by atoms with Crippen molar-refractivity contribution in [2.24, 2.45) is 4.99 Å². The van der Waals surface area contributed by atoms with E-state index in [1.54, 1.807) is 18.0 Å². The van der Waals surface area contributed by atoms with Crippen molar-refractivity contribution in [2.75, 3.05) is 32.5 Å². The largest absolute Gasteiger partial charge is 0.497 e. The third kappa shape index (κ3) is 5.58. The molecule has 1 atom stereocenters. The lowest BCUT2D eigenvalue weighted by Gasteiger charge is -2.32. The van der Waals surface area contributed by atoms with Gasteiger partial charge in [0.25, 0.3) is 5.91 Å². The maximum absolute atomic E-state index is 13.1. The number of aliphatic imine (C=N–C) groups is 1. The lowest BCUT2D eigenvalue weighted by Crippen LogP contribution is -2.45. The average Bonchev–Trinajstić information content (AvgIpc) is 3.39. The van der Waals surface area contributed by atoms with Crippen LogP contribution < -0.4 is 21.1 Å². The summed E-state index contributed by atoms with van der Waals surface area (Å²) in [7, 11) is 1.68. The van der Waals surface area contributed by atoms with E-state index >= 15 is 0 Å². The van der Waals surface area contributed by atoms with E-state index in [1.165, 1.54) is 11.1 Å². The number of allylic oxidation sites excluding steroid dienone is 1. The highest BCUT2D eigenvalue weighted by molar-refractivity contribution is 5.98. The van der Waals surface area contributed by atoms with Crippen molar-refractivity contribution in [2.45, 2.75) is 50.9 Å². The second kappa shape index (κ2) is 11.5. The zero-order chi connectivity index (χ0) is 27.5. The van der Waals surface area contributed by atoms with Crippen LogP contribution in [0.25, 0.3) is 5.70 Å². The first kappa shape index (κ1) is 26.1. The topological polar surface area (TPSA) is 123 Å². The Morgan fingerprint density at radius 1 is 1.18 bits per heavy atom. The Morgan fingerprint density at radius 3 is 2.80 bits per heavy atom. The third-order valence-electron chi connectivity index (χ3n) is 8.08. The Morgan fingerprint density at radius 2 is 2.00 bits per heavy atom. The number of methoxy groups -OCH3 is 1. The highest BCUT2D eigenvalue weighted by Crippen LogP contribution is 2.34. The Labute approximate surface area is 234 Å². The maximum atomic E-state index is 13.1. The molecule has 208 valence electrons. The van der Waals surface area contributed by atoms with Crippen LogP contribution >= 0.6 is 0 Å². The van der Waals surface area contributed by atoms with Gasteiger partial charge < -0.3 is 26.0 Å². The summed E-state index contributed by atoms with van der Waals surface area (Å²) < 4.78 is 7.04. The Kier molecular flexibility index (Phi) is 7.50. The molecular formula is C30H36N8O2. The summed E-state index contributed by atoms with van der Waals surface area (Å²) >= 11 is 0. The van der Waals surface area contributed by atoms with E-state index in [9.17, 15) is 4.79 Å². The van der Waals surface area contributed by atoms with Crippen molar-refractivity contribution in [3.8, 4) is 5.75 Å². The van der Waals surface area contributed by atoms with Gasteiger partial charge in [0.1, 0.15) is 11.3 Å². The van der Waals surface area contributed by atoms with Gasteiger partial charge in [0.05, 0.1) is 7.11 Å². The number of aryl methyl sites for hydroxylation is 2. The molecule has 4 N–H and O–H groups in total. The first-order valence-electron chi connectivity index (χ1n) is 14.0. The number of hydrogen-bond donors (Lipinski definition) is 3. The molecule has 1 unspecified atom stereocenters. The molecule has 1 amide bonds. The number of anilines is 1. The van der Waals surface area contributed by atoms with Gasteiger partial charge >= 0.3 is 0 Å². The molecule has 1 aliphatic carbocycles. The summed E-state index contributed by atoms with van der Waals surface area (Å²) in [4.78, 5) is 24.4. The number of rotatable bonds is 8. The van der Waals surface area contributed by atoms with Crippen molar-refractivity contribution in [1.82, 2.24) is 30.3 Å². The average molecular weight is 541 g/mol. The smallest absolute Gasteiger partial charge is 0.256 e. The summed E-state index contributed by atoms with van der Waals surface area (Å²) in [5, 5.41) is 11.1. The quantitative estimate of drug-likeness (QED) is 0.401. The fourth-order valence-electron chi connectivity index (χ4n) is 5.80. The number of nitrogens with one attached hydrogen (secondary N) is 2. The number of piperidine rings is 1. The van der Waals surface area contributed by atoms with Gasteiger partial charge in [0.15, 0.2) is 5.82 Å². The van der Waals surface area contributed by atoms with Crippen LogP contribution in [0.15, 0.2) is 59.5 Å². The number of ether oxygens (including phenoxy) is 1. The SMILES string of the molecule is COc1ccc2c(c1)CCC1=C2NC(n2cc(C(=O)NC3CCN(CCCc4ccncc4)CC3)c(N)n2)N=C1. The van der Waals surface area contributed by atoms with Crippen LogP contribution in [-0.2, 0) is 12.8 Å². The molecule has 6 rings (SSSR count). The molecule has 1 saturated heterocycles. The zero-order valence-electron chi connectivity index (χ0n) is 22.8. The standard InChI is InChI=1S/C30H36N8O2/c1-40-24-6-7-25-21(17-24)4-5-22-18-33-30(35-27(22)25)38-19-26(28(31)36-38)29(39)34-23-10-15-37(16-11-23)14-2-3-20-8-12-32-13-9-20/h6-9,12-13,17-19,23,30,35H,2-5,10-11,14-16H2,1H3,(H2,31,36)(H,34,39). The number of amides is 1. The summed E-state index contributed by atoms with van der Waals surface area (Å²) in [6.07, 6.45) is 12.7. The van der Waals surface area contributed by atoms with Crippen molar-refractivity contribution in [1.29, 1.82) is 0 Å². The van der Waals surface area contributed by atoms with Crippen molar-refractivity contribution in [3.63, 3.8) is 0 Å². The Hall–Kier alpha value is -4.18. The van der Waals surface area contributed by atoms with E-state index in [2.05, 4.69) is 54.9 Å². The van der Waals surface area contributed by atoms with Gasteiger partial charge in [-0.25, -0.2) is 9.67 Å². The molecule has 3 aliphatic rings. The van der Waals surface area contributed by atoms with Crippen molar-refractivity contribution < 1.29 is 9.53 Å². The van der Waals surface area contributed by atoms with Gasteiger partial charge in [0.2, 0.25) is 6.29 Å². The van der Waals surface area contributed by atoms with Crippen molar-refractivity contribution >= 4 is 23.6 Å². The number of aromatic nitrogens is 3. The highest BCUT2D eigenvalue weighted by atomic mass is 16.5. The summed E-state index contributed by atoms with van der Waals surface area (Å²) in [6.45, 7) is 3.01. The summed E-state index contributed by atoms with van der Waals surface area (Å²) in [5.41, 5.74) is 12.5. The second-order valence-electron chi connectivity index (χ2n) is 10.7. The van der Waals surface area contributed by atoms with E-state index in [1.807, 2.05) is 24.7 Å².